The van der Waals surface area contributed by atoms with E-state index in [9.17, 15) is 4.79 Å². The summed E-state index contributed by atoms with van der Waals surface area (Å²) in [5.41, 5.74) is 0.948. The summed E-state index contributed by atoms with van der Waals surface area (Å²) in [5, 5.41) is 1.16. The molecule has 1 aliphatic rings. The number of benzene rings is 1. The van der Waals surface area contributed by atoms with Gasteiger partial charge in [-0.3, -0.25) is 4.79 Å². The van der Waals surface area contributed by atoms with Crippen LogP contribution < -0.4 is 4.90 Å². The Kier molecular flexibility index (Phi) is 5.69. The van der Waals surface area contributed by atoms with E-state index in [0.717, 1.165) is 44.8 Å². The van der Waals surface area contributed by atoms with Gasteiger partial charge in [0.2, 0.25) is 5.91 Å². The molecule has 0 N–H and O–H groups in total. The largest absolute Gasteiger partial charge is 0.367 e. The summed E-state index contributed by atoms with van der Waals surface area (Å²) >= 11 is 12.4. The van der Waals surface area contributed by atoms with Crippen LogP contribution in [0.4, 0.5) is 5.69 Å². The van der Waals surface area contributed by atoms with Gasteiger partial charge in [0.15, 0.2) is 0 Å². The van der Waals surface area contributed by atoms with Crippen molar-refractivity contribution in [3.8, 4) is 0 Å². The quantitative estimate of drug-likeness (QED) is 0.802. The normalized spacial score (nSPS) is 14.9. The molecule has 1 amide bonds. The Morgan fingerprint density at radius 1 is 1.00 bits per heavy atom. The molecule has 1 aliphatic heterocycles. The molecule has 0 bridgehead atoms. The van der Waals surface area contributed by atoms with Crippen molar-refractivity contribution in [1.82, 2.24) is 9.47 Å². The van der Waals surface area contributed by atoms with Gasteiger partial charge in [0.05, 0.1) is 15.7 Å². The van der Waals surface area contributed by atoms with Crippen LogP contribution in [0.25, 0.3) is 0 Å². The number of amides is 1. The lowest BCUT2D eigenvalue weighted by atomic mass is 10.2. The first-order valence-electron chi connectivity index (χ1n) is 8.22. The van der Waals surface area contributed by atoms with E-state index < -0.39 is 0 Å². The molecule has 3 rings (SSSR count). The number of aromatic nitrogens is 1. The molecule has 0 aliphatic carbocycles. The first-order valence-corrected chi connectivity index (χ1v) is 8.98. The highest BCUT2D eigenvalue weighted by Crippen LogP contribution is 2.32. The third-order valence-electron chi connectivity index (χ3n) is 4.38. The van der Waals surface area contributed by atoms with E-state index in [1.54, 1.807) is 6.07 Å². The Morgan fingerprint density at radius 3 is 2.42 bits per heavy atom. The fourth-order valence-electron chi connectivity index (χ4n) is 3.02. The van der Waals surface area contributed by atoms with Crippen LogP contribution in [0.1, 0.15) is 12.8 Å². The number of halogens is 2. The minimum Gasteiger partial charge on any atom is -0.367 e. The van der Waals surface area contributed by atoms with E-state index in [1.807, 2.05) is 41.6 Å². The zero-order chi connectivity index (χ0) is 16.9. The Balaban J connectivity index is 1.47. The molecule has 1 aromatic carbocycles. The zero-order valence-electron chi connectivity index (χ0n) is 13.5. The van der Waals surface area contributed by atoms with Gasteiger partial charge in [0, 0.05) is 51.5 Å². The van der Waals surface area contributed by atoms with Crippen LogP contribution >= 0.6 is 23.2 Å². The van der Waals surface area contributed by atoms with Crippen LogP contribution in [0.3, 0.4) is 0 Å². The average Bonchev–Trinajstić information content (AvgIpc) is 3.11. The van der Waals surface area contributed by atoms with Crippen LogP contribution in [-0.4, -0.2) is 41.6 Å². The molecule has 0 unspecified atom stereocenters. The van der Waals surface area contributed by atoms with Crippen molar-refractivity contribution in [2.75, 3.05) is 31.1 Å². The summed E-state index contributed by atoms with van der Waals surface area (Å²) in [5.74, 6) is 0.235. The molecule has 2 aromatic rings. The second-order valence-corrected chi connectivity index (χ2v) is 6.75. The molecule has 1 saturated heterocycles. The van der Waals surface area contributed by atoms with Gasteiger partial charge in [-0.2, -0.15) is 0 Å². The van der Waals surface area contributed by atoms with E-state index in [0.29, 0.717) is 16.5 Å². The van der Waals surface area contributed by atoms with Gasteiger partial charge in [-0.15, -0.1) is 0 Å². The van der Waals surface area contributed by atoms with Crippen LogP contribution in [0, 0.1) is 0 Å². The Morgan fingerprint density at radius 2 is 1.71 bits per heavy atom. The maximum absolute atomic E-state index is 12.3. The number of hydrogen-bond acceptors (Lipinski definition) is 2. The van der Waals surface area contributed by atoms with Crippen molar-refractivity contribution in [1.29, 1.82) is 0 Å². The zero-order valence-corrected chi connectivity index (χ0v) is 15.0. The third-order valence-corrected chi connectivity index (χ3v) is 5.19. The number of carbonyl (C=O) groups is 1. The second-order valence-electron chi connectivity index (χ2n) is 5.97. The third kappa shape index (κ3) is 4.05. The van der Waals surface area contributed by atoms with Gasteiger partial charge in [0.1, 0.15) is 0 Å². The first-order chi connectivity index (χ1) is 11.6. The Labute approximate surface area is 152 Å². The van der Waals surface area contributed by atoms with Crippen LogP contribution in [0.5, 0.6) is 0 Å². The second kappa shape index (κ2) is 7.95. The van der Waals surface area contributed by atoms with Crippen molar-refractivity contribution in [3.63, 3.8) is 0 Å². The maximum Gasteiger partial charge on any atom is 0.222 e. The number of hydrogen-bond donors (Lipinski definition) is 0. The van der Waals surface area contributed by atoms with E-state index >= 15 is 0 Å². The molecular formula is C18H21Cl2N3O. The van der Waals surface area contributed by atoms with Gasteiger partial charge in [-0.25, -0.2) is 0 Å². The number of carbonyl (C=O) groups excluding carboxylic acids is 1. The highest BCUT2D eigenvalue weighted by Gasteiger charge is 2.22. The number of piperazine rings is 1. The summed E-state index contributed by atoms with van der Waals surface area (Å²) in [4.78, 5) is 16.5. The summed E-state index contributed by atoms with van der Waals surface area (Å²) in [6.07, 6.45) is 5.51. The smallest absolute Gasteiger partial charge is 0.222 e. The summed E-state index contributed by atoms with van der Waals surface area (Å²) < 4.78 is 2.10. The monoisotopic (exact) mass is 365 g/mol. The molecule has 2 heterocycles. The lowest BCUT2D eigenvalue weighted by Crippen LogP contribution is -2.48. The SMILES string of the molecule is O=C(CCCn1cccc1)N1CCN(c2cccc(Cl)c2Cl)CC1. The minimum absolute atomic E-state index is 0.235. The fraction of sp³-hybridized carbons (Fsp3) is 0.389. The number of rotatable bonds is 5. The van der Waals surface area contributed by atoms with Gasteiger partial charge >= 0.3 is 0 Å². The molecule has 0 saturated carbocycles. The van der Waals surface area contributed by atoms with Crippen LogP contribution in [0.15, 0.2) is 42.7 Å². The van der Waals surface area contributed by atoms with E-state index in [4.69, 9.17) is 23.2 Å². The molecule has 6 heteroatoms. The Hall–Kier alpha value is -1.65. The molecule has 0 atom stereocenters. The summed E-state index contributed by atoms with van der Waals surface area (Å²) in [6, 6.07) is 9.67. The van der Waals surface area contributed by atoms with E-state index in [1.165, 1.54) is 0 Å². The average molecular weight is 366 g/mol. The topological polar surface area (TPSA) is 28.5 Å². The fourth-order valence-corrected chi connectivity index (χ4v) is 3.44. The summed E-state index contributed by atoms with van der Waals surface area (Å²) in [7, 11) is 0. The molecule has 24 heavy (non-hydrogen) atoms. The number of anilines is 1. The molecule has 1 aromatic heterocycles. The predicted molar refractivity (Wildman–Crippen MR) is 98.9 cm³/mol. The molecule has 128 valence electrons. The van der Waals surface area contributed by atoms with Crippen molar-refractivity contribution >= 4 is 34.8 Å². The van der Waals surface area contributed by atoms with Crippen molar-refractivity contribution in [3.05, 3.63) is 52.8 Å². The van der Waals surface area contributed by atoms with E-state index in [2.05, 4.69) is 9.47 Å². The maximum atomic E-state index is 12.3. The standard InChI is InChI=1S/C18H21Cl2N3O/c19-15-5-3-6-16(18(15)20)22-11-13-23(14-12-22)17(24)7-4-10-21-8-1-2-9-21/h1-3,5-6,8-9H,4,7,10-14H2. The molecule has 1 fully saturated rings. The molecule has 4 nitrogen and oxygen atoms in total. The minimum atomic E-state index is 0.235. The van der Waals surface area contributed by atoms with Crippen molar-refractivity contribution < 1.29 is 4.79 Å². The number of aryl methyl sites for hydroxylation is 1. The molecular weight excluding hydrogens is 345 g/mol. The van der Waals surface area contributed by atoms with Gasteiger partial charge in [-0.1, -0.05) is 29.3 Å². The summed E-state index contributed by atoms with van der Waals surface area (Å²) in [6.45, 7) is 3.90. The molecule has 0 radical (unpaired) electrons. The van der Waals surface area contributed by atoms with E-state index in [-0.39, 0.29) is 5.91 Å². The van der Waals surface area contributed by atoms with Gasteiger partial charge in [-0.05, 0) is 30.7 Å². The van der Waals surface area contributed by atoms with Crippen molar-refractivity contribution in [2.45, 2.75) is 19.4 Å². The first kappa shape index (κ1) is 17.2. The van der Waals surface area contributed by atoms with Crippen LogP contribution in [0.2, 0.25) is 10.0 Å². The predicted octanol–water partition coefficient (Wildman–Crippen LogP) is 3.92. The number of nitrogens with zero attached hydrogens (tertiary/aromatic N) is 3. The lowest BCUT2D eigenvalue weighted by molar-refractivity contribution is -0.131. The highest BCUT2D eigenvalue weighted by molar-refractivity contribution is 6.43. The highest BCUT2D eigenvalue weighted by atomic mass is 35.5. The van der Waals surface area contributed by atoms with Crippen LogP contribution in [-0.2, 0) is 11.3 Å². The van der Waals surface area contributed by atoms with Crippen molar-refractivity contribution in [2.24, 2.45) is 0 Å². The van der Waals surface area contributed by atoms with Gasteiger partial charge < -0.3 is 14.4 Å². The molecule has 0 spiro atoms. The van der Waals surface area contributed by atoms with Gasteiger partial charge in [0.25, 0.3) is 0 Å². The lowest BCUT2D eigenvalue weighted by Gasteiger charge is -2.36. The Bertz CT molecular complexity index is 680.